The number of aliphatic hydroxyl groups excluding tert-OH is 1. The number of aromatic nitrogens is 8. The Morgan fingerprint density at radius 3 is 2.64 bits per heavy atom. The number of imidazole rings is 2. The molecule has 0 radical (unpaired) electrons. The lowest BCUT2D eigenvalue weighted by Gasteiger charge is -2.10. The van der Waals surface area contributed by atoms with E-state index in [2.05, 4.69) is 40.2 Å². The molecule has 1 aromatic carbocycles. The van der Waals surface area contributed by atoms with Gasteiger partial charge < -0.3 is 35.6 Å². The van der Waals surface area contributed by atoms with Crippen LogP contribution in [0.2, 0.25) is 0 Å². The number of amides is 1. The molecule has 0 saturated heterocycles. The van der Waals surface area contributed by atoms with Crippen molar-refractivity contribution in [3.8, 4) is 11.4 Å². The normalized spacial score (nSPS) is 10.6. The number of para-hydroxylation sites is 2. The van der Waals surface area contributed by atoms with Gasteiger partial charge in [0.2, 0.25) is 5.95 Å². The molecule has 6 N–H and O–H groups in total. The molecule has 4 heterocycles. The molecule has 0 aliphatic heterocycles. The van der Waals surface area contributed by atoms with Gasteiger partial charge in [0.25, 0.3) is 5.91 Å². The van der Waals surface area contributed by atoms with Gasteiger partial charge >= 0.3 is 11.7 Å². The molecule has 5 rings (SSSR count). The summed E-state index contributed by atoms with van der Waals surface area (Å²) >= 11 is 0. The van der Waals surface area contributed by atoms with Crippen LogP contribution in [0.4, 0.5) is 5.95 Å². The van der Waals surface area contributed by atoms with Crippen LogP contribution in [0, 0.1) is 0 Å². The quantitative estimate of drug-likeness (QED) is 0.167. The predicted molar refractivity (Wildman–Crippen MR) is 138 cm³/mol. The maximum atomic E-state index is 12.6. The number of benzene rings is 1. The van der Waals surface area contributed by atoms with Gasteiger partial charge in [0.15, 0.2) is 22.7 Å². The van der Waals surface area contributed by atoms with E-state index in [1.54, 1.807) is 31.2 Å². The molecule has 1 amide bonds. The SMILES string of the molecule is CCOC(=O)c1nc(NCCO)nc2c1[nH]c(=O)n2-c1ccccc1OC.NC(=O)c1ncnc2nc[nH]c12. The van der Waals surface area contributed by atoms with Crippen LogP contribution in [-0.2, 0) is 4.74 Å². The second kappa shape index (κ2) is 11.8. The van der Waals surface area contributed by atoms with Gasteiger partial charge in [-0.05, 0) is 19.1 Å². The van der Waals surface area contributed by atoms with Crippen LogP contribution >= 0.6 is 0 Å². The largest absolute Gasteiger partial charge is 0.495 e. The number of fused-ring (bicyclic) bond motifs is 2. The van der Waals surface area contributed by atoms with Gasteiger partial charge in [-0.15, -0.1) is 0 Å². The predicted octanol–water partition coefficient (Wildman–Crippen LogP) is 0.150. The van der Waals surface area contributed by atoms with Crippen LogP contribution in [0.5, 0.6) is 5.75 Å². The fraction of sp³-hybridized carbons (Fsp3) is 0.217. The van der Waals surface area contributed by atoms with Crippen molar-refractivity contribution in [1.82, 2.24) is 39.5 Å². The first kappa shape index (κ1) is 26.7. The molecule has 0 aliphatic carbocycles. The number of hydrogen-bond donors (Lipinski definition) is 5. The number of ether oxygens (including phenoxy) is 2. The standard InChI is InChI=1S/C17H19N5O5.C6H5N5O/c1-3-27-15(24)13-12-14(21-16(19-13)18-8-9-23)22(17(25)20-12)10-6-4-5-7-11(10)26-2;7-5(12)3-4-6(10-1-8-3)11-2-9-4/h4-7,23H,3,8-9H2,1-2H3,(H,20,25)(H,18,19,21);1-2H,(H2,7,12)(H,8,9,10,11). The Labute approximate surface area is 219 Å². The van der Waals surface area contributed by atoms with Gasteiger partial charge in [0.1, 0.15) is 23.1 Å². The molecular weight excluding hydrogens is 512 g/mol. The van der Waals surface area contributed by atoms with E-state index in [4.69, 9.17) is 20.3 Å². The number of anilines is 1. The summed E-state index contributed by atoms with van der Waals surface area (Å²) in [6.45, 7) is 1.85. The highest BCUT2D eigenvalue weighted by Crippen LogP contribution is 2.25. The van der Waals surface area contributed by atoms with Crippen molar-refractivity contribution in [1.29, 1.82) is 0 Å². The Bertz CT molecular complexity index is 1690. The number of H-pyrrole nitrogens is 2. The van der Waals surface area contributed by atoms with E-state index < -0.39 is 17.6 Å². The number of methoxy groups -OCH3 is 1. The fourth-order valence-electron chi connectivity index (χ4n) is 3.57. The molecule has 202 valence electrons. The second-order valence-corrected chi connectivity index (χ2v) is 7.59. The first-order valence-corrected chi connectivity index (χ1v) is 11.5. The first-order chi connectivity index (χ1) is 18.9. The van der Waals surface area contributed by atoms with Crippen LogP contribution in [0.1, 0.15) is 27.9 Å². The zero-order valence-electron chi connectivity index (χ0n) is 20.8. The molecule has 0 atom stereocenters. The fourth-order valence-corrected chi connectivity index (χ4v) is 3.57. The Kier molecular flexibility index (Phi) is 8.06. The van der Waals surface area contributed by atoms with Gasteiger partial charge in [-0.2, -0.15) is 4.98 Å². The highest BCUT2D eigenvalue weighted by molar-refractivity contribution is 6.01. The van der Waals surface area contributed by atoms with Crippen molar-refractivity contribution in [2.75, 3.05) is 32.2 Å². The van der Waals surface area contributed by atoms with Crippen molar-refractivity contribution < 1.29 is 24.2 Å². The van der Waals surface area contributed by atoms with Gasteiger partial charge in [0.05, 0.1) is 32.3 Å². The van der Waals surface area contributed by atoms with E-state index in [1.807, 2.05) is 0 Å². The number of nitrogens with two attached hydrogens (primary N) is 1. The van der Waals surface area contributed by atoms with Crippen molar-refractivity contribution >= 4 is 40.2 Å². The van der Waals surface area contributed by atoms with E-state index in [9.17, 15) is 14.4 Å². The van der Waals surface area contributed by atoms with Gasteiger partial charge in [-0.1, -0.05) is 12.1 Å². The number of esters is 1. The number of rotatable bonds is 8. The van der Waals surface area contributed by atoms with Crippen LogP contribution < -0.4 is 21.5 Å². The van der Waals surface area contributed by atoms with E-state index in [0.29, 0.717) is 22.6 Å². The lowest BCUT2D eigenvalue weighted by Crippen LogP contribution is -2.16. The van der Waals surface area contributed by atoms with E-state index >= 15 is 0 Å². The lowest BCUT2D eigenvalue weighted by atomic mass is 10.3. The number of primary amides is 1. The molecule has 0 spiro atoms. The molecule has 16 nitrogen and oxygen atoms in total. The van der Waals surface area contributed by atoms with E-state index in [1.165, 1.54) is 24.3 Å². The Morgan fingerprint density at radius 2 is 1.92 bits per heavy atom. The summed E-state index contributed by atoms with van der Waals surface area (Å²) in [5.41, 5.74) is 6.36. The van der Waals surface area contributed by atoms with E-state index in [-0.39, 0.29) is 48.3 Å². The highest BCUT2D eigenvalue weighted by atomic mass is 16.5. The minimum Gasteiger partial charge on any atom is -0.495 e. The Hall–Kier alpha value is -5.38. The third-order valence-electron chi connectivity index (χ3n) is 5.18. The van der Waals surface area contributed by atoms with Crippen LogP contribution in [0.25, 0.3) is 28.0 Å². The van der Waals surface area contributed by atoms with Gasteiger partial charge in [-0.3, -0.25) is 4.79 Å². The summed E-state index contributed by atoms with van der Waals surface area (Å²) in [5, 5.41) is 11.8. The molecule has 4 aromatic heterocycles. The van der Waals surface area contributed by atoms with Crippen molar-refractivity contribution in [2.45, 2.75) is 6.92 Å². The maximum Gasteiger partial charge on any atom is 0.359 e. The average Bonchev–Trinajstić information content (AvgIpc) is 3.55. The summed E-state index contributed by atoms with van der Waals surface area (Å²) in [4.78, 5) is 60.9. The molecule has 5 aromatic rings. The Morgan fingerprint density at radius 1 is 1.13 bits per heavy atom. The smallest absolute Gasteiger partial charge is 0.359 e. The molecule has 39 heavy (non-hydrogen) atoms. The summed E-state index contributed by atoms with van der Waals surface area (Å²) in [7, 11) is 1.49. The number of nitrogens with zero attached hydrogens (tertiary/aromatic N) is 6. The summed E-state index contributed by atoms with van der Waals surface area (Å²) in [6.07, 6.45) is 2.69. The summed E-state index contributed by atoms with van der Waals surface area (Å²) in [5.74, 6) is -0.735. The minimum absolute atomic E-state index is 0.0759. The number of aliphatic hydroxyl groups is 1. The maximum absolute atomic E-state index is 12.6. The van der Waals surface area contributed by atoms with Crippen molar-refractivity contribution in [3.05, 3.63) is 58.8 Å². The third-order valence-corrected chi connectivity index (χ3v) is 5.18. The molecule has 16 heteroatoms. The van der Waals surface area contributed by atoms with E-state index in [0.717, 1.165) is 0 Å². The molecular formula is C23H24N10O6. The zero-order valence-corrected chi connectivity index (χ0v) is 20.8. The van der Waals surface area contributed by atoms with Gasteiger partial charge in [-0.25, -0.2) is 34.1 Å². The number of carbonyl (C=O) groups excluding carboxylic acids is 2. The van der Waals surface area contributed by atoms with Crippen LogP contribution in [-0.4, -0.2) is 83.3 Å². The third kappa shape index (κ3) is 5.49. The van der Waals surface area contributed by atoms with Crippen molar-refractivity contribution in [2.24, 2.45) is 5.73 Å². The summed E-state index contributed by atoms with van der Waals surface area (Å²) in [6, 6.07) is 6.93. The van der Waals surface area contributed by atoms with Crippen LogP contribution in [0.3, 0.4) is 0 Å². The molecule has 0 unspecified atom stereocenters. The van der Waals surface area contributed by atoms with Crippen molar-refractivity contribution in [3.63, 3.8) is 0 Å². The molecule has 0 bridgehead atoms. The molecule has 0 aliphatic rings. The second-order valence-electron chi connectivity index (χ2n) is 7.59. The number of nitrogens with one attached hydrogen (secondary N) is 3. The first-order valence-electron chi connectivity index (χ1n) is 11.5. The Balaban J connectivity index is 0.000000243. The topological polar surface area (TPSA) is 229 Å². The lowest BCUT2D eigenvalue weighted by molar-refractivity contribution is 0.0521. The number of hydrogen-bond acceptors (Lipinski definition) is 12. The summed E-state index contributed by atoms with van der Waals surface area (Å²) < 4.78 is 11.7. The monoisotopic (exact) mass is 536 g/mol. The number of carbonyl (C=O) groups is 2. The average molecular weight is 537 g/mol. The molecule has 0 fully saturated rings. The zero-order chi connectivity index (χ0) is 27.9. The highest BCUT2D eigenvalue weighted by Gasteiger charge is 2.23. The number of aromatic amines is 2. The van der Waals surface area contributed by atoms with Gasteiger partial charge in [0, 0.05) is 6.54 Å². The minimum atomic E-state index is -0.689. The molecule has 0 saturated carbocycles. The van der Waals surface area contributed by atoms with Crippen LogP contribution in [0.15, 0.2) is 41.7 Å².